The molecule has 0 aliphatic rings. The van der Waals surface area contributed by atoms with E-state index in [0.717, 1.165) is 16.7 Å². The molecular formula is C16H17N. The quantitative estimate of drug-likeness (QED) is 0.695. The lowest BCUT2D eigenvalue weighted by Crippen LogP contribution is -1.83. The standard InChI is InChI=1S/C14H11N.C2H6/c1-11-6-8-12(9-7-11)14-5-3-2-4-13(14)10-15;1-2/h2-9H,1H3;1-2H3. The molecule has 0 aromatic heterocycles. The topological polar surface area (TPSA) is 23.8 Å². The molecule has 0 aliphatic heterocycles. The smallest absolute Gasteiger partial charge is 0.0998 e. The summed E-state index contributed by atoms with van der Waals surface area (Å²) < 4.78 is 0. The first-order valence-corrected chi connectivity index (χ1v) is 5.87. The first-order chi connectivity index (χ1) is 8.31. The number of hydrogen-bond acceptors (Lipinski definition) is 1. The van der Waals surface area contributed by atoms with Crippen LogP contribution in [0.15, 0.2) is 48.5 Å². The molecule has 1 nitrogen and oxygen atoms in total. The summed E-state index contributed by atoms with van der Waals surface area (Å²) in [7, 11) is 0. The molecule has 0 saturated heterocycles. The Morgan fingerprint density at radius 2 is 1.47 bits per heavy atom. The predicted octanol–water partition coefficient (Wildman–Crippen LogP) is 4.56. The van der Waals surface area contributed by atoms with Crippen molar-refractivity contribution in [2.24, 2.45) is 0 Å². The maximum atomic E-state index is 8.98. The van der Waals surface area contributed by atoms with Gasteiger partial charge in [0.2, 0.25) is 0 Å². The minimum absolute atomic E-state index is 0.723. The van der Waals surface area contributed by atoms with Crippen molar-refractivity contribution < 1.29 is 0 Å². The van der Waals surface area contributed by atoms with Gasteiger partial charge in [-0.1, -0.05) is 61.9 Å². The van der Waals surface area contributed by atoms with Gasteiger partial charge < -0.3 is 0 Å². The van der Waals surface area contributed by atoms with Crippen molar-refractivity contribution in [2.45, 2.75) is 20.8 Å². The zero-order valence-corrected chi connectivity index (χ0v) is 10.6. The fourth-order valence-electron chi connectivity index (χ4n) is 1.57. The van der Waals surface area contributed by atoms with E-state index >= 15 is 0 Å². The van der Waals surface area contributed by atoms with Crippen LogP contribution >= 0.6 is 0 Å². The Balaban J connectivity index is 0.000000686. The van der Waals surface area contributed by atoms with Crippen LogP contribution in [-0.4, -0.2) is 0 Å². The van der Waals surface area contributed by atoms with E-state index in [0.29, 0.717) is 0 Å². The number of nitriles is 1. The summed E-state index contributed by atoms with van der Waals surface area (Å²) in [6.45, 7) is 6.06. The van der Waals surface area contributed by atoms with Crippen LogP contribution < -0.4 is 0 Å². The van der Waals surface area contributed by atoms with Gasteiger partial charge in [-0.05, 0) is 24.1 Å². The van der Waals surface area contributed by atoms with E-state index in [4.69, 9.17) is 5.26 Å². The number of aryl methyl sites for hydroxylation is 1. The summed E-state index contributed by atoms with van der Waals surface area (Å²) in [4.78, 5) is 0. The summed E-state index contributed by atoms with van der Waals surface area (Å²) in [5.74, 6) is 0. The molecule has 0 radical (unpaired) electrons. The molecule has 0 spiro atoms. The Morgan fingerprint density at radius 3 is 2.06 bits per heavy atom. The van der Waals surface area contributed by atoms with Gasteiger partial charge in [0.25, 0.3) is 0 Å². The number of hydrogen-bond donors (Lipinski definition) is 0. The third-order valence-electron chi connectivity index (χ3n) is 2.41. The maximum absolute atomic E-state index is 8.98. The minimum atomic E-state index is 0.723. The highest BCUT2D eigenvalue weighted by Gasteiger charge is 2.02. The fraction of sp³-hybridized carbons (Fsp3) is 0.188. The highest BCUT2D eigenvalue weighted by atomic mass is 14.2. The minimum Gasteiger partial charge on any atom is -0.192 e. The summed E-state index contributed by atoms with van der Waals surface area (Å²) >= 11 is 0. The molecule has 0 amide bonds. The van der Waals surface area contributed by atoms with Crippen molar-refractivity contribution in [1.29, 1.82) is 5.26 Å². The first-order valence-electron chi connectivity index (χ1n) is 5.87. The summed E-state index contributed by atoms with van der Waals surface area (Å²) in [5, 5.41) is 8.98. The molecule has 0 saturated carbocycles. The van der Waals surface area contributed by atoms with E-state index in [1.807, 2.05) is 50.2 Å². The Kier molecular flexibility index (Phi) is 4.97. The lowest BCUT2D eigenvalue weighted by Gasteiger charge is -2.03. The zero-order valence-electron chi connectivity index (χ0n) is 10.6. The molecular weight excluding hydrogens is 206 g/mol. The van der Waals surface area contributed by atoms with Crippen LogP contribution in [0.4, 0.5) is 0 Å². The second-order valence-corrected chi connectivity index (χ2v) is 3.52. The van der Waals surface area contributed by atoms with Gasteiger partial charge in [0.1, 0.15) is 0 Å². The second-order valence-electron chi connectivity index (χ2n) is 3.52. The Morgan fingerprint density at radius 1 is 0.882 bits per heavy atom. The zero-order chi connectivity index (χ0) is 12.7. The van der Waals surface area contributed by atoms with Gasteiger partial charge in [-0.15, -0.1) is 0 Å². The van der Waals surface area contributed by atoms with Crippen molar-refractivity contribution in [1.82, 2.24) is 0 Å². The lowest BCUT2D eigenvalue weighted by atomic mass is 10.00. The average Bonchev–Trinajstić information content (AvgIpc) is 2.42. The van der Waals surface area contributed by atoms with Crippen LogP contribution in [0, 0.1) is 18.3 Å². The van der Waals surface area contributed by atoms with Crippen LogP contribution in [0.25, 0.3) is 11.1 Å². The largest absolute Gasteiger partial charge is 0.192 e. The van der Waals surface area contributed by atoms with Crippen LogP contribution in [0.2, 0.25) is 0 Å². The van der Waals surface area contributed by atoms with E-state index in [2.05, 4.69) is 25.1 Å². The highest BCUT2D eigenvalue weighted by molar-refractivity contribution is 5.70. The molecule has 0 aliphatic carbocycles. The van der Waals surface area contributed by atoms with Gasteiger partial charge in [-0.2, -0.15) is 5.26 Å². The van der Waals surface area contributed by atoms with E-state index in [1.54, 1.807) is 0 Å². The summed E-state index contributed by atoms with van der Waals surface area (Å²) in [6.07, 6.45) is 0. The fourth-order valence-corrected chi connectivity index (χ4v) is 1.57. The molecule has 86 valence electrons. The Bertz CT molecular complexity index is 504. The van der Waals surface area contributed by atoms with Crippen molar-refractivity contribution in [2.75, 3.05) is 0 Å². The van der Waals surface area contributed by atoms with Crippen LogP contribution in [-0.2, 0) is 0 Å². The third kappa shape index (κ3) is 3.19. The molecule has 2 aromatic rings. The van der Waals surface area contributed by atoms with E-state index in [9.17, 15) is 0 Å². The van der Waals surface area contributed by atoms with Gasteiger partial charge in [-0.25, -0.2) is 0 Å². The van der Waals surface area contributed by atoms with E-state index in [1.165, 1.54) is 5.56 Å². The maximum Gasteiger partial charge on any atom is 0.0998 e. The van der Waals surface area contributed by atoms with Crippen molar-refractivity contribution in [3.8, 4) is 17.2 Å². The third-order valence-corrected chi connectivity index (χ3v) is 2.41. The molecule has 0 N–H and O–H groups in total. The average molecular weight is 223 g/mol. The summed E-state index contributed by atoms with van der Waals surface area (Å²) in [6, 6.07) is 18.1. The highest BCUT2D eigenvalue weighted by Crippen LogP contribution is 2.23. The predicted molar refractivity (Wildman–Crippen MR) is 72.7 cm³/mol. The van der Waals surface area contributed by atoms with Crippen molar-refractivity contribution >= 4 is 0 Å². The van der Waals surface area contributed by atoms with Crippen LogP contribution in [0.1, 0.15) is 25.0 Å². The Labute approximate surface area is 103 Å². The summed E-state index contributed by atoms with van der Waals surface area (Å²) in [5.41, 5.74) is 4.05. The van der Waals surface area contributed by atoms with E-state index < -0.39 is 0 Å². The van der Waals surface area contributed by atoms with Gasteiger partial charge in [-0.3, -0.25) is 0 Å². The Hall–Kier alpha value is -2.07. The molecule has 0 fully saturated rings. The molecule has 0 heterocycles. The van der Waals surface area contributed by atoms with Gasteiger partial charge >= 0.3 is 0 Å². The molecule has 17 heavy (non-hydrogen) atoms. The van der Waals surface area contributed by atoms with Crippen LogP contribution in [0.3, 0.4) is 0 Å². The number of nitrogens with zero attached hydrogens (tertiary/aromatic N) is 1. The van der Waals surface area contributed by atoms with Gasteiger partial charge in [0, 0.05) is 0 Å². The second kappa shape index (κ2) is 6.50. The molecule has 0 bridgehead atoms. The number of rotatable bonds is 1. The molecule has 1 heteroatoms. The van der Waals surface area contributed by atoms with Crippen LogP contribution in [0.5, 0.6) is 0 Å². The van der Waals surface area contributed by atoms with E-state index in [-0.39, 0.29) is 0 Å². The van der Waals surface area contributed by atoms with Crippen molar-refractivity contribution in [3.63, 3.8) is 0 Å². The molecule has 0 atom stereocenters. The van der Waals surface area contributed by atoms with Gasteiger partial charge in [0.15, 0.2) is 0 Å². The van der Waals surface area contributed by atoms with Gasteiger partial charge in [0.05, 0.1) is 11.6 Å². The molecule has 0 unspecified atom stereocenters. The first kappa shape index (κ1) is 13.0. The molecule has 2 rings (SSSR count). The van der Waals surface area contributed by atoms with Crippen molar-refractivity contribution in [3.05, 3.63) is 59.7 Å². The number of benzene rings is 2. The monoisotopic (exact) mass is 223 g/mol. The molecule has 2 aromatic carbocycles. The lowest BCUT2D eigenvalue weighted by molar-refractivity contribution is 1.45. The SMILES string of the molecule is CC.Cc1ccc(-c2ccccc2C#N)cc1. The normalized spacial score (nSPS) is 8.82.